The minimum absolute atomic E-state index is 0.0225. The van der Waals surface area contributed by atoms with Crippen LogP contribution in [0.4, 0.5) is 13.2 Å². The molecule has 2 heterocycles. The molecule has 3 unspecified atom stereocenters. The van der Waals surface area contributed by atoms with Crippen LogP contribution in [0.1, 0.15) is 59.3 Å². The van der Waals surface area contributed by atoms with E-state index in [0.29, 0.717) is 30.5 Å². The van der Waals surface area contributed by atoms with Crippen LogP contribution >= 0.6 is 0 Å². The zero-order chi connectivity index (χ0) is 16.1. The Morgan fingerprint density at radius 1 is 1.14 bits per heavy atom. The van der Waals surface area contributed by atoms with Crippen molar-refractivity contribution in [2.75, 3.05) is 13.1 Å². The van der Waals surface area contributed by atoms with E-state index in [-0.39, 0.29) is 12.5 Å². The number of hydrogen-bond acceptors (Lipinski definition) is 2. The summed E-state index contributed by atoms with van der Waals surface area (Å²) in [7, 11) is 0. The molecule has 1 aliphatic carbocycles. The van der Waals surface area contributed by atoms with Crippen molar-refractivity contribution in [2.45, 2.75) is 89.6 Å². The van der Waals surface area contributed by atoms with Crippen LogP contribution in [0.3, 0.4) is 0 Å². The molecule has 128 valence electrons. The van der Waals surface area contributed by atoms with Crippen molar-refractivity contribution in [1.29, 1.82) is 0 Å². The van der Waals surface area contributed by atoms with E-state index in [4.69, 9.17) is 0 Å². The molecule has 0 amide bonds. The van der Waals surface area contributed by atoms with Gasteiger partial charge in [0, 0.05) is 24.7 Å². The quantitative estimate of drug-likeness (QED) is 0.771. The number of alkyl halides is 3. The summed E-state index contributed by atoms with van der Waals surface area (Å²) >= 11 is 0. The number of halogens is 3. The topological polar surface area (TPSA) is 6.48 Å². The summed E-state index contributed by atoms with van der Waals surface area (Å²) < 4.78 is 39.5. The molecule has 3 fully saturated rings. The molecule has 1 spiro atoms. The zero-order valence-electron chi connectivity index (χ0n) is 14.0. The first-order valence-corrected chi connectivity index (χ1v) is 8.80. The van der Waals surface area contributed by atoms with Gasteiger partial charge in [0.05, 0.1) is 0 Å². The maximum Gasteiger partial charge on any atom is 0.404 e. The van der Waals surface area contributed by atoms with Crippen molar-refractivity contribution in [3.63, 3.8) is 0 Å². The summed E-state index contributed by atoms with van der Waals surface area (Å²) in [5, 5.41) is 0. The minimum Gasteiger partial charge on any atom is -0.297 e. The maximum absolute atomic E-state index is 13.2. The van der Waals surface area contributed by atoms with Crippen molar-refractivity contribution < 1.29 is 13.2 Å². The van der Waals surface area contributed by atoms with E-state index >= 15 is 0 Å². The smallest absolute Gasteiger partial charge is 0.297 e. The van der Waals surface area contributed by atoms with E-state index in [9.17, 15) is 13.2 Å². The molecule has 0 N–H and O–H groups in total. The Kier molecular flexibility index (Phi) is 4.26. The molecule has 0 aromatic heterocycles. The molecule has 1 saturated carbocycles. The summed E-state index contributed by atoms with van der Waals surface area (Å²) in [5.74, 6) is 0. The molecule has 0 aromatic rings. The lowest BCUT2D eigenvalue weighted by molar-refractivity contribution is -0.181. The largest absolute Gasteiger partial charge is 0.404 e. The van der Waals surface area contributed by atoms with Gasteiger partial charge in [0.2, 0.25) is 0 Å². The van der Waals surface area contributed by atoms with Crippen molar-refractivity contribution in [1.82, 2.24) is 9.80 Å². The average molecular weight is 318 g/mol. The highest BCUT2D eigenvalue weighted by Gasteiger charge is 2.53. The van der Waals surface area contributed by atoms with Crippen LogP contribution in [0.15, 0.2) is 0 Å². The van der Waals surface area contributed by atoms with Gasteiger partial charge in [0.1, 0.15) is 6.04 Å². The third kappa shape index (κ3) is 3.16. The van der Waals surface area contributed by atoms with E-state index in [1.54, 1.807) is 4.90 Å². The second-order valence-electron chi connectivity index (χ2n) is 8.15. The first-order chi connectivity index (χ1) is 10.2. The minimum atomic E-state index is -4.07. The molecule has 2 nitrogen and oxygen atoms in total. The lowest BCUT2D eigenvalue weighted by Crippen LogP contribution is -2.48. The lowest BCUT2D eigenvalue weighted by atomic mass is 9.98. The monoisotopic (exact) mass is 318 g/mol. The van der Waals surface area contributed by atoms with E-state index < -0.39 is 12.2 Å². The van der Waals surface area contributed by atoms with Gasteiger partial charge in [0.25, 0.3) is 0 Å². The number of hydrogen-bond donors (Lipinski definition) is 0. The predicted molar refractivity (Wildman–Crippen MR) is 81.8 cm³/mol. The second kappa shape index (κ2) is 5.66. The Labute approximate surface area is 132 Å². The van der Waals surface area contributed by atoms with Crippen molar-refractivity contribution >= 4 is 0 Å². The number of likely N-dealkylation sites (tertiary alicyclic amines) is 2. The fraction of sp³-hybridized carbons (Fsp3) is 1.00. The number of nitrogens with zero attached hydrogens (tertiary/aromatic N) is 2. The average Bonchev–Trinajstić information content (AvgIpc) is 2.87. The fourth-order valence-corrected chi connectivity index (χ4v) is 4.76. The molecule has 22 heavy (non-hydrogen) atoms. The van der Waals surface area contributed by atoms with Gasteiger partial charge in [-0.1, -0.05) is 0 Å². The SMILES string of the molecule is CC(C)N1CC2(CC2)CC1CC(C)N1CCCC1C(F)(F)F. The zero-order valence-corrected chi connectivity index (χ0v) is 14.0. The summed E-state index contributed by atoms with van der Waals surface area (Å²) in [6.07, 6.45) is 1.59. The lowest BCUT2D eigenvalue weighted by Gasteiger charge is -2.36. The normalized spacial score (nSPS) is 34.0. The third-order valence-corrected chi connectivity index (χ3v) is 6.13. The molecule has 0 aromatic carbocycles. The van der Waals surface area contributed by atoms with E-state index in [1.807, 2.05) is 6.92 Å². The van der Waals surface area contributed by atoms with Crippen LogP contribution in [0.25, 0.3) is 0 Å². The van der Waals surface area contributed by atoms with Gasteiger partial charge in [-0.2, -0.15) is 13.2 Å². The molecule has 0 radical (unpaired) electrons. The van der Waals surface area contributed by atoms with Gasteiger partial charge in [-0.25, -0.2) is 0 Å². The van der Waals surface area contributed by atoms with Gasteiger partial charge in [-0.05, 0) is 71.3 Å². The van der Waals surface area contributed by atoms with E-state index in [2.05, 4.69) is 18.7 Å². The Balaban J connectivity index is 1.64. The van der Waals surface area contributed by atoms with Crippen LogP contribution < -0.4 is 0 Å². The standard InChI is InChI=1S/C17H29F3N2/c1-12(2)22-11-16(6-7-16)10-14(22)9-13(3)21-8-4-5-15(21)17(18,19)20/h12-15H,4-11H2,1-3H3. The molecule has 5 heteroatoms. The molecule has 2 saturated heterocycles. The fourth-order valence-electron chi connectivity index (χ4n) is 4.76. The first-order valence-electron chi connectivity index (χ1n) is 8.80. The molecule has 0 bridgehead atoms. The summed E-state index contributed by atoms with van der Waals surface area (Å²) in [6.45, 7) is 8.19. The maximum atomic E-state index is 13.2. The van der Waals surface area contributed by atoms with Crippen LogP contribution in [0.2, 0.25) is 0 Å². The molecule has 3 aliphatic rings. The Bertz CT molecular complexity index is 403. The summed E-state index contributed by atoms with van der Waals surface area (Å²) in [5.41, 5.74) is 0.517. The summed E-state index contributed by atoms with van der Waals surface area (Å²) in [6, 6.07) is -0.235. The molecular weight excluding hydrogens is 289 g/mol. The molecule has 3 rings (SSSR count). The van der Waals surface area contributed by atoms with E-state index in [0.717, 1.165) is 13.0 Å². The molecular formula is C17H29F3N2. The highest BCUT2D eigenvalue weighted by Crippen LogP contribution is 2.56. The Morgan fingerprint density at radius 2 is 1.82 bits per heavy atom. The van der Waals surface area contributed by atoms with Crippen LogP contribution in [0, 0.1) is 5.41 Å². The van der Waals surface area contributed by atoms with Crippen molar-refractivity contribution in [2.24, 2.45) is 5.41 Å². The van der Waals surface area contributed by atoms with Gasteiger partial charge < -0.3 is 0 Å². The highest BCUT2D eigenvalue weighted by atomic mass is 19.4. The van der Waals surface area contributed by atoms with Gasteiger partial charge in [-0.3, -0.25) is 9.80 Å². The second-order valence-corrected chi connectivity index (χ2v) is 8.15. The van der Waals surface area contributed by atoms with Crippen LogP contribution in [0.5, 0.6) is 0 Å². The highest BCUT2D eigenvalue weighted by molar-refractivity contribution is 5.06. The van der Waals surface area contributed by atoms with Crippen molar-refractivity contribution in [3.05, 3.63) is 0 Å². The van der Waals surface area contributed by atoms with Gasteiger partial charge in [0.15, 0.2) is 0 Å². The van der Waals surface area contributed by atoms with Crippen LogP contribution in [-0.4, -0.2) is 53.2 Å². The van der Waals surface area contributed by atoms with E-state index in [1.165, 1.54) is 19.3 Å². The van der Waals surface area contributed by atoms with Gasteiger partial charge >= 0.3 is 6.18 Å². The first kappa shape index (κ1) is 16.6. The third-order valence-electron chi connectivity index (χ3n) is 6.13. The van der Waals surface area contributed by atoms with Crippen LogP contribution in [-0.2, 0) is 0 Å². The molecule has 2 aliphatic heterocycles. The molecule has 3 atom stereocenters. The Hall–Kier alpha value is -0.290. The number of rotatable bonds is 4. The Morgan fingerprint density at radius 3 is 2.36 bits per heavy atom. The predicted octanol–water partition coefficient (Wildman–Crippen LogP) is 4.05. The van der Waals surface area contributed by atoms with Crippen molar-refractivity contribution in [3.8, 4) is 0 Å². The summed E-state index contributed by atoms with van der Waals surface area (Å²) in [4.78, 5) is 4.26. The van der Waals surface area contributed by atoms with Gasteiger partial charge in [-0.15, -0.1) is 0 Å².